The summed E-state index contributed by atoms with van der Waals surface area (Å²) in [7, 11) is 1.61. The number of nitriles is 1. The molecule has 0 saturated heterocycles. The van der Waals surface area contributed by atoms with Crippen molar-refractivity contribution in [2.75, 3.05) is 7.11 Å². The van der Waals surface area contributed by atoms with Gasteiger partial charge in [-0.05, 0) is 41.5 Å². The highest BCUT2D eigenvalue weighted by atomic mass is 16.5. The zero-order chi connectivity index (χ0) is 16.2. The number of oxime groups is 1. The fourth-order valence-electron chi connectivity index (χ4n) is 2.63. The van der Waals surface area contributed by atoms with E-state index in [2.05, 4.69) is 11.2 Å². The molecule has 3 rings (SSSR count). The number of benzene rings is 2. The Morgan fingerprint density at radius 3 is 2.35 bits per heavy atom. The summed E-state index contributed by atoms with van der Waals surface area (Å²) in [6, 6.07) is 17.2. The Labute approximate surface area is 134 Å². The highest BCUT2D eigenvalue weighted by Gasteiger charge is 2.18. The van der Waals surface area contributed by atoms with Gasteiger partial charge in [-0.25, -0.2) is 0 Å². The maximum Gasteiger partial charge on any atom is 0.118 e. The van der Waals surface area contributed by atoms with Gasteiger partial charge in [-0.3, -0.25) is 0 Å². The minimum atomic E-state index is 0.483. The Bertz CT molecular complexity index is 869. The van der Waals surface area contributed by atoms with Crippen LogP contribution in [0, 0.1) is 11.3 Å². The number of methoxy groups -OCH3 is 1. The number of hydrogen-bond donors (Lipinski definition) is 1. The Morgan fingerprint density at radius 2 is 1.74 bits per heavy atom. The molecule has 0 aliphatic heterocycles. The predicted molar refractivity (Wildman–Crippen MR) is 89.3 cm³/mol. The van der Waals surface area contributed by atoms with Crippen LogP contribution in [0.15, 0.2) is 65.8 Å². The highest BCUT2D eigenvalue weighted by molar-refractivity contribution is 6.18. The van der Waals surface area contributed by atoms with E-state index in [4.69, 9.17) is 9.94 Å². The number of rotatable bonds is 2. The summed E-state index contributed by atoms with van der Waals surface area (Å²) in [5.74, 6) is 0.741. The fraction of sp³-hybridized carbons (Fsp3) is 0.0526. The summed E-state index contributed by atoms with van der Waals surface area (Å²) in [6.07, 6.45) is 3.51. The van der Waals surface area contributed by atoms with Crippen LogP contribution in [0.4, 0.5) is 0 Å². The van der Waals surface area contributed by atoms with Crippen molar-refractivity contribution in [2.24, 2.45) is 5.16 Å². The van der Waals surface area contributed by atoms with E-state index in [-0.39, 0.29) is 0 Å². The van der Waals surface area contributed by atoms with Crippen molar-refractivity contribution in [1.82, 2.24) is 0 Å². The molecule has 23 heavy (non-hydrogen) atoms. The molecule has 2 aromatic rings. The minimum Gasteiger partial charge on any atom is -0.497 e. The molecular weight excluding hydrogens is 288 g/mol. The molecule has 0 fully saturated rings. The molecular formula is C19H14N2O2. The minimum absolute atomic E-state index is 0.483. The Morgan fingerprint density at radius 1 is 1.04 bits per heavy atom. The van der Waals surface area contributed by atoms with Gasteiger partial charge >= 0.3 is 0 Å². The second kappa shape index (κ2) is 6.20. The van der Waals surface area contributed by atoms with Gasteiger partial charge in [-0.2, -0.15) is 5.26 Å². The molecule has 0 radical (unpaired) electrons. The number of allylic oxidation sites excluding steroid dienone is 4. The molecule has 112 valence electrons. The SMILES string of the molecule is COc1ccc(/C(C#N)=C2C=C/C(=N\O)c3ccccc3\2)cc1. The van der Waals surface area contributed by atoms with Crippen LogP contribution in [0.2, 0.25) is 0 Å². The molecule has 1 aliphatic carbocycles. The first-order valence-electron chi connectivity index (χ1n) is 7.07. The molecule has 1 aliphatic rings. The summed E-state index contributed by atoms with van der Waals surface area (Å²) >= 11 is 0. The van der Waals surface area contributed by atoms with Crippen LogP contribution in [-0.2, 0) is 0 Å². The van der Waals surface area contributed by atoms with Gasteiger partial charge in [0.25, 0.3) is 0 Å². The van der Waals surface area contributed by atoms with E-state index >= 15 is 0 Å². The molecule has 4 heteroatoms. The lowest BCUT2D eigenvalue weighted by Gasteiger charge is -2.16. The zero-order valence-electron chi connectivity index (χ0n) is 12.5. The third kappa shape index (κ3) is 2.60. The number of nitrogens with zero attached hydrogens (tertiary/aromatic N) is 2. The fourth-order valence-corrected chi connectivity index (χ4v) is 2.63. The normalized spacial score (nSPS) is 16.6. The van der Waals surface area contributed by atoms with E-state index in [9.17, 15) is 5.26 Å². The van der Waals surface area contributed by atoms with E-state index in [1.54, 1.807) is 19.3 Å². The van der Waals surface area contributed by atoms with E-state index in [1.807, 2.05) is 48.5 Å². The average molecular weight is 302 g/mol. The number of ether oxygens (including phenoxy) is 1. The van der Waals surface area contributed by atoms with Gasteiger partial charge in [-0.1, -0.05) is 35.5 Å². The van der Waals surface area contributed by atoms with E-state index < -0.39 is 0 Å². The van der Waals surface area contributed by atoms with Gasteiger partial charge in [0, 0.05) is 11.1 Å². The van der Waals surface area contributed by atoms with Crippen molar-refractivity contribution in [2.45, 2.75) is 0 Å². The molecule has 0 aromatic heterocycles. The Kier molecular flexibility index (Phi) is 3.94. The monoisotopic (exact) mass is 302 g/mol. The van der Waals surface area contributed by atoms with Gasteiger partial charge in [0.1, 0.15) is 17.5 Å². The lowest BCUT2D eigenvalue weighted by molar-refractivity contribution is 0.320. The molecule has 0 spiro atoms. The Balaban J connectivity index is 2.20. The van der Waals surface area contributed by atoms with E-state index in [0.717, 1.165) is 28.0 Å². The van der Waals surface area contributed by atoms with E-state index in [0.29, 0.717) is 11.3 Å². The largest absolute Gasteiger partial charge is 0.497 e. The predicted octanol–water partition coefficient (Wildman–Crippen LogP) is 3.88. The molecule has 4 nitrogen and oxygen atoms in total. The van der Waals surface area contributed by atoms with Crippen LogP contribution in [0.25, 0.3) is 11.1 Å². The van der Waals surface area contributed by atoms with Gasteiger partial charge in [0.2, 0.25) is 0 Å². The highest BCUT2D eigenvalue weighted by Crippen LogP contribution is 2.33. The lowest BCUT2D eigenvalue weighted by Crippen LogP contribution is -2.07. The second-order valence-electron chi connectivity index (χ2n) is 4.99. The summed E-state index contributed by atoms with van der Waals surface area (Å²) in [5.41, 5.74) is 4.33. The van der Waals surface area contributed by atoms with Crippen molar-refractivity contribution in [3.8, 4) is 11.8 Å². The summed E-state index contributed by atoms with van der Waals surface area (Å²) < 4.78 is 5.16. The summed E-state index contributed by atoms with van der Waals surface area (Å²) in [6.45, 7) is 0. The van der Waals surface area contributed by atoms with Crippen molar-refractivity contribution in [1.29, 1.82) is 5.26 Å². The van der Waals surface area contributed by atoms with Crippen molar-refractivity contribution in [3.63, 3.8) is 0 Å². The third-order valence-corrected chi connectivity index (χ3v) is 3.77. The van der Waals surface area contributed by atoms with Gasteiger partial charge < -0.3 is 9.94 Å². The molecule has 1 N–H and O–H groups in total. The molecule has 0 unspecified atom stereocenters. The van der Waals surface area contributed by atoms with Crippen LogP contribution < -0.4 is 4.74 Å². The molecule has 0 saturated carbocycles. The molecule has 0 atom stereocenters. The topological polar surface area (TPSA) is 65.6 Å². The molecule has 0 amide bonds. The molecule has 2 aromatic carbocycles. The Hall–Kier alpha value is -3.32. The van der Waals surface area contributed by atoms with E-state index in [1.165, 1.54) is 0 Å². The summed E-state index contributed by atoms with van der Waals surface area (Å²) in [4.78, 5) is 0. The zero-order valence-corrected chi connectivity index (χ0v) is 12.5. The van der Waals surface area contributed by atoms with Gasteiger partial charge in [0.05, 0.1) is 12.7 Å². The van der Waals surface area contributed by atoms with Gasteiger partial charge in [-0.15, -0.1) is 0 Å². The van der Waals surface area contributed by atoms with Crippen LogP contribution in [-0.4, -0.2) is 18.0 Å². The van der Waals surface area contributed by atoms with Crippen LogP contribution in [0.1, 0.15) is 16.7 Å². The van der Waals surface area contributed by atoms with Crippen LogP contribution in [0.5, 0.6) is 5.75 Å². The quantitative estimate of drug-likeness (QED) is 0.520. The average Bonchev–Trinajstić information content (AvgIpc) is 2.63. The van der Waals surface area contributed by atoms with Crippen molar-refractivity contribution < 1.29 is 9.94 Å². The van der Waals surface area contributed by atoms with Gasteiger partial charge in [0.15, 0.2) is 0 Å². The van der Waals surface area contributed by atoms with Crippen LogP contribution >= 0.6 is 0 Å². The lowest BCUT2D eigenvalue weighted by atomic mass is 9.87. The second-order valence-corrected chi connectivity index (χ2v) is 4.99. The first kappa shape index (κ1) is 14.6. The number of hydrogen-bond acceptors (Lipinski definition) is 4. The van der Waals surface area contributed by atoms with Crippen molar-refractivity contribution in [3.05, 3.63) is 77.4 Å². The number of fused-ring (bicyclic) bond motifs is 1. The first-order valence-corrected chi connectivity index (χ1v) is 7.07. The van der Waals surface area contributed by atoms with Crippen LogP contribution in [0.3, 0.4) is 0 Å². The maximum absolute atomic E-state index is 9.65. The van der Waals surface area contributed by atoms with Crippen molar-refractivity contribution >= 4 is 16.9 Å². The molecule has 0 heterocycles. The first-order chi connectivity index (χ1) is 11.3. The third-order valence-electron chi connectivity index (χ3n) is 3.77. The summed E-state index contributed by atoms with van der Waals surface area (Å²) in [5, 5.41) is 22.1. The standard InChI is InChI=1S/C19H14N2O2/c1-23-14-8-6-13(7-9-14)18(12-20)16-10-11-19(21-22)17-5-3-2-4-15(16)17/h2-11,22H,1H3/b18-16+,21-19+. The molecule has 0 bridgehead atoms. The maximum atomic E-state index is 9.65. The smallest absolute Gasteiger partial charge is 0.118 e.